The minimum absolute atomic E-state index is 0.300. The van der Waals surface area contributed by atoms with Crippen molar-refractivity contribution in [1.82, 2.24) is 10.0 Å². The highest BCUT2D eigenvalue weighted by molar-refractivity contribution is 7.89. The number of furan rings is 1. The maximum atomic E-state index is 12.3. The minimum atomic E-state index is -3.52. The highest BCUT2D eigenvalue weighted by Gasteiger charge is 2.21. The van der Waals surface area contributed by atoms with Crippen LogP contribution in [0.3, 0.4) is 0 Å². The van der Waals surface area contributed by atoms with Crippen LogP contribution in [0.4, 0.5) is 0 Å². The van der Waals surface area contributed by atoms with E-state index in [0.29, 0.717) is 17.2 Å². The fourth-order valence-electron chi connectivity index (χ4n) is 1.74. The largest absolute Gasteiger partial charge is 0.468 e. The number of nitrogens with one attached hydrogen (secondary N) is 2. The molecular formula is C13H18N2O3S2. The Bertz CT molecular complexity index is 632. The summed E-state index contributed by atoms with van der Waals surface area (Å²) in [5, 5.41) is 4.83. The van der Waals surface area contributed by atoms with E-state index in [4.69, 9.17) is 4.42 Å². The van der Waals surface area contributed by atoms with Crippen LogP contribution in [0, 0.1) is 0 Å². The Hall–Kier alpha value is -1.15. The lowest BCUT2D eigenvalue weighted by Gasteiger charge is -2.10. The summed E-state index contributed by atoms with van der Waals surface area (Å²) < 4.78 is 32.3. The van der Waals surface area contributed by atoms with Crippen LogP contribution in [0.5, 0.6) is 0 Å². The van der Waals surface area contributed by atoms with Gasteiger partial charge in [0.25, 0.3) is 0 Å². The van der Waals surface area contributed by atoms with Crippen molar-refractivity contribution in [2.24, 2.45) is 0 Å². The van der Waals surface area contributed by atoms with Crippen molar-refractivity contribution in [3.63, 3.8) is 0 Å². The molecule has 2 heterocycles. The molecule has 0 spiro atoms. The van der Waals surface area contributed by atoms with Crippen molar-refractivity contribution >= 4 is 21.4 Å². The predicted octanol–water partition coefficient (Wildman–Crippen LogP) is 2.49. The van der Waals surface area contributed by atoms with Gasteiger partial charge in [-0.3, -0.25) is 0 Å². The van der Waals surface area contributed by atoms with E-state index in [1.165, 1.54) is 17.6 Å². The molecule has 2 aromatic rings. The van der Waals surface area contributed by atoms with Crippen LogP contribution in [0.1, 0.15) is 30.5 Å². The van der Waals surface area contributed by atoms with Gasteiger partial charge in [0, 0.05) is 16.8 Å². The van der Waals surface area contributed by atoms with Crippen molar-refractivity contribution in [3.05, 3.63) is 40.5 Å². The van der Waals surface area contributed by atoms with Crippen molar-refractivity contribution in [2.75, 3.05) is 6.54 Å². The van der Waals surface area contributed by atoms with E-state index < -0.39 is 16.1 Å². The summed E-state index contributed by atoms with van der Waals surface area (Å²) in [7, 11) is -3.52. The maximum Gasteiger partial charge on any atom is 0.242 e. The molecular weight excluding hydrogens is 296 g/mol. The first-order valence-corrected chi connectivity index (χ1v) is 8.73. The summed E-state index contributed by atoms with van der Waals surface area (Å²) in [6.07, 6.45) is 1.53. The zero-order valence-corrected chi connectivity index (χ0v) is 13.1. The number of rotatable bonds is 7. The summed E-state index contributed by atoms with van der Waals surface area (Å²) in [5.41, 5.74) is 0. The third-order valence-corrected chi connectivity index (χ3v) is 5.40. The lowest BCUT2D eigenvalue weighted by atomic mass is 10.3. The summed E-state index contributed by atoms with van der Waals surface area (Å²) in [6.45, 7) is 5.30. The average Bonchev–Trinajstić information content (AvgIpc) is 3.07. The number of sulfonamides is 1. The van der Waals surface area contributed by atoms with Gasteiger partial charge in [0.15, 0.2) is 0 Å². The van der Waals surface area contributed by atoms with Gasteiger partial charge in [-0.1, -0.05) is 6.92 Å². The smallest absolute Gasteiger partial charge is 0.242 e. The van der Waals surface area contributed by atoms with Crippen LogP contribution in [0.25, 0.3) is 0 Å². The summed E-state index contributed by atoms with van der Waals surface area (Å²) in [6, 6.07) is 4.79. The standard InChI is InChI=1S/C13H18N2O3S2/c1-3-14-8-11-7-12(9-19-11)20(16,17)15-10(2)13-5-4-6-18-13/h4-7,9-10,14-15H,3,8H2,1-2H3. The monoisotopic (exact) mass is 314 g/mol. The Labute approximate surface area is 123 Å². The molecule has 0 aliphatic heterocycles. The van der Waals surface area contributed by atoms with Gasteiger partial charge in [0.1, 0.15) is 5.76 Å². The van der Waals surface area contributed by atoms with E-state index in [2.05, 4.69) is 10.0 Å². The topological polar surface area (TPSA) is 71.3 Å². The first-order valence-electron chi connectivity index (χ1n) is 6.37. The number of hydrogen-bond donors (Lipinski definition) is 2. The molecule has 1 atom stereocenters. The lowest BCUT2D eigenvalue weighted by molar-refractivity contribution is 0.459. The van der Waals surface area contributed by atoms with Crippen LogP contribution < -0.4 is 10.0 Å². The second kappa shape index (κ2) is 6.53. The Morgan fingerprint density at radius 3 is 2.90 bits per heavy atom. The van der Waals surface area contributed by atoms with Crippen molar-refractivity contribution in [1.29, 1.82) is 0 Å². The fraction of sp³-hybridized carbons (Fsp3) is 0.385. The molecule has 7 heteroatoms. The normalized spacial score (nSPS) is 13.5. The molecule has 0 bridgehead atoms. The fourth-order valence-corrected chi connectivity index (χ4v) is 4.20. The van der Waals surface area contributed by atoms with E-state index in [1.54, 1.807) is 30.5 Å². The molecule has 0 saturated heterocycles. The van der Waals surface area contributed by atoms with Crippen LogP contribution in [-0.4, -0.2) is 15.0 Å². The molecule has 0 aliphatic rings. The van der Waals surface area contributed by atoms with Gasteiger partial charge in [-0.15, -0.1) is 11.3 Å². The van der Waals surface area contributed by atoms with Crippen LogP contribution in [0.2, 0.25) is 0 Å². The molecule has 0 saturated carbocycles. The molecule has 2 N–H and O–H groups in total. The zero-order chi connectivity index (χ0) is 14.6. The molecule has 0 aliphatic carbocycles. The zero-order valence-electron chi connectivity index (χ0n) is 11.4. The predicted molar refractivity (Wildman–Crippen MR) is 79.1 cm³/mol. The molecule has 0 radical (unpaired) electrons. The third kappa shape index (κ3) is 3.69. The summed E-state index contributed by atoms with van der Waals surface area (Å²) in [4.78, 5) is 1.30. The Morgan fingerprint density at radius 2 is 2.25 bits per heavy atom. The first kappa shape index (κ1) is 15.2. The molecule has 5 nitrogen and oxygen atoms in total. The van der Waals surface area contributed by atoms with E-state index >= 15 is 0 Å². The Balaban J connectivity index is 2.08. The Kier molecular flexibility index (Phi) is 4.98. The van der Waals surface area contributed by atoms with Crippen LogP contribution in [-0.2, 0) is 16.6 Å². The highest BCUT2D eigenvalue weighted by atomic mass is 32.2. The lowest BCUT2D eigenvalue weighted by Crippen LogP contribution is -2.26. The average molecular weight is 314 g/mol. The molecule has 110 valence electrons. The molecule has 1 unspecified atom stereocenters. The van der Waals surface area contributed by atoms with Gasteiger partial charge >= 0.3 is 0 Å². The molecule has 0 fully saturated rings. The van der Waals surface area contributed by atoms with Crippen LogP contribution in [0.15, 0.2) is 39.2 Å². The van der Waals surface area contributed by atoms with Crippen molar-refractivity contribution < 1.29 is 12.8 Å². The highest BCUT2D eigenvalue weighted by Crippen LogP contribution is 2.22. The van der Waals surface area contributed by atoms with E-state index in [0.717, 1.165) is 11.4 Å². The van der Waals surface area contributed by atoms with Crippen molar-refractivity contribution in [3.8, 4) is 0 Å². The molecule has 20 heavy (non-hydrogen) atoms. The van der Waals surface area contributed by atoms with E-state index in [1.807, 2.05) is 6.92 Å². The van der Waals surface area contributed by atoms with Crippen molar-refractivity contribution in [2.45, 2.75) is 31.3 Å². The van der Waals surface area contributed by atoms with Gasteiger partial charge in [0.2, 0.25) is 10.0 Å². The second-order valence-corrected chi connectivity index (χ2v) is 7.10. The maximum absolute atomic E-state index is 12.3. The van der Waals surface area contributed by atoms with E-state index in [9.17, 15) is 8.42 Å². The Morgan fingerprint density at radius 1 is 1.45 bits per heavy atom. The molecule has 2 rings (SSSR count). The summed E-state index contributed by atoms with van der Waals surface area (Å²) >= 11 is 1.44. The SMILES string of the molecule is CCNCc1cc(S(=O)(=O)NC(C)c2ccco2)cs1. The van der Waals surface area contributed by atoms with Gasteiger partial charge in [-0.05, 0) is 31.7 Å². The van der Waals surface area contributed by atoms with Gasteiger partial charge in [-0.25, -0.2) is 13.1 Å². The first-order chi connectivity index (χ1) is 9.53. The van der Waals surface area contributed by atoms with Gasteiger partial charge in [0.05, 0.1) is 17.2 Å². The third-order valence-electron chi connectivity index (χ3n) is 2.79. The van der Waals surface area contributed by atoms with E-state index in [-0.39, 0.29) is 0 Å². The minimum Gasteiger partial charge on any atom is -0.468 e. The molecule has 0 aromatic carbocycles. The summed E-state index contributed by atoms with van der Waals surface area (Å²) in [5.74, 6) is 0.594. The quantitative estimate of drug-likeness (QED) is 0.823. The molecule has 0 amide bonds. The van der Waals surface area contributed by atoms with Gasteiger partial charge in [-0.2, -0.15) is 0 Å². The number of hydrogen-bond acceptors (Lipinski definition) is 5. The van der Waals surface area contributed by atoms with Crippen LogP contribution >= 0.6 is 11.3 Å². The second-order valence-electron chi connectivity index (χ2n) is 4.39. The van der Waals surface area contributed by atoms with Gasteiger partial charge < -0.3 is 9.73 Å². The number of thiophene rings is 1. The molecule has 2 aromatic heterocycles.